The van der Waals surface area contributed by atoms with E-state index < -0.39 is 11.5 Å². The molecule has 0 amide bonds. The number of nitrogen functional groups attached to an aromatic ring is 1. The first-order valence-electron chi connectivity index (χ1n) is 8.09. The first-order valence-corrected chi connectivity index (χ1v) is 8.09. The summed E-state index contributed by atoms with van der Waals surface area (Å²) in [5.41, 5.74) is 9.21. The molecule has 0 bridgehead atoms. The molecule has 1 fully saturated rings. The van der Waals surface area contributed by atoms with Crippen molar-refractivity contribution >= 4 is 17.3 Å². The van der Waals surface area contributed by atoms with Gasteiger partial charge in [-0.3, -0.25) is 9.20 Å². The van der Waals surface area contributed by atoms with Crippen LogP contribution in [0.1, 0.15) is 40.2 Å². The van der Waals surface area contributed by atoms with Gasteiger partial charge in [-0.25, -0.2) is 4.98 Å². The lowest BCUT2D eigenvalue weighted by Crippen LogP contribution is -2.32. The SMILES string of the molecule is Cc1c(-c2ccc(N)nc2)ccn2c(=O)c(C(=O)[O-])cc(C3CC3)c12. The maximum absolute atomic E-state index is 12.5. The lowest BCUT2D eigenvalue weighted by molar-refractivity contribution is -0.255. The topological polar surface area (TPSA) is 101 Å². The number of aromatic nitrogens is 2. The number of rotatable bonds is 3. The summed E-state index contributed by atoms with van der Waals surface area (Å²) in [7, 11) is 0. The number of pyridine rings is 3. The van der Waals surface area contributed by atoms with Gasteiger partial charge >= 0.3 is 0 Å². The van der Waals surface area contributed by atoms with Gasteiger partial charge in [0.1, 0.15) is 5.82 Å². The Bertz CT molecular complexity index is 1060. The highest BCUT2D eigenvalue weighted by Crippen LogP contribution is 2.43. The second kappa shape index (κ2) is 5.44. The van der Waals surface area contributed by atoms with Gasteiger partial charge in [0.15, 0.2) is 0 Å². The number of carboxylic acid groups (broad SMARTS) is 1. The van der Waals surface area contributed by atoms with Crippen molar-refractivity contribution in [1.29, 1.82) is 0 Å². The minimum atomic E-state index is -1.44. The normalized spacial score (nSPS) is 14.0. The molecule has 0 aliphatic heterocycles. The highest BCUT2D eigenvalue weighted by molar-refractivity contribution is 5.87. The highest BCUT2D eigenvalue weighted by atomic mass is 16.4. The minimum Gasteiger partial charge on any atom is -0.545 e. The Hall–Kier alpha value is -3.15. The number of nitrogens with two attached hydrogens (primary N) is 1. The van der Waals surface area contributed by atoms with Crippen molar-refractivity contribution in [2.24, 2.45) is 0 Å². The van der Waals surface area contributed by atoms with Crippen molar-refractivity contribution in [1.82, 2.24) is 9.38 Å². The Labute approximate surface area is 143 Å². The van der Waals surface area contributed by atoms with E-state index in [2.05, 4.69) is 4.98 Å². The van der Waals surface area contributed by atoms with Crippen LogP contribution in [0.3, 0.4) is 0 Å². The van der Waals surface area contributed by atoms with E-state index in [1.165, 1.54) is 10.5 Å². The fraction of sp³-hybridized carbons (Fsp3) is 0.211. The Morgan fingerprint density at radius 3 is 2.68 bits per heavy atom. The first-order chi connectivity index (χ1) is 12.0. The molecule has 1 saturated carbocycles. The molecule has 6 nitrogen and oxygen atoms in total. The molecule has 126 valence electrons. The molecule has 0 atom stereocenters. The van der Waals surface area contributed by atoms with Gasteiger partial charge in [-0.15, -0.1) is 0 Å². The van der Waals surface area contributed by atoms with Crippen LogP contribution in [0, 0.1) is 6.92 Å². The quantitative estimate of drug-likeness (QED) is 0.782. The smallest absolute Gasteiger partial charge is 0.264 e. The van der Waals surface area contributed by atoms with Crippen LogP contribution < -0.4 is 16.4 Å². The van der Waals surface area contributed by atoms with Crippen molar-refractivity contribution in [2.75, 3.05) is 5.73 Å². The van der Waals surface area contributed by atoms with Crippen molar-refractivity contribution in [2.45, 2.75) is 25.7 Å². The average molecular weight is 334 g/mol. The first kappa shape index (κ1) is 15.4. The lowest BCUT2D eigenvalue weighted by Gasteiger charge is -2.16. The van der Waals surface area contributed by atoms with E-state index in [4.69, 9.17) is 5.73 Å². The molecule has 3 heterocycles. The van der Waals surface area contributed by atoms with Crippen molar-refractivity contribution in [3.63, 3.8) is 0 Å². The molecule has 3 aromatic rings. The molecule has 3 aromatic heterocycles. The molecular formula is C19H16N3O3-. The summed E-state index contributed by atoms with van der Waals surface area (Å²) in [6.07, 6.45) is 5.30. The Morgan fingerprint density at radius 1 is 1.32 bits per heavy atom. The van der Waals surface area contributed by atoms with Crippen molar-refractivity contribution < 1.29 is 9.90 Å². The number of fused-ring (bicyclic) bond motifs is 1. The third-order valence-corrected chi connectivity index (χ3v) is 4.75. The zero-order chi connectivity index (χ0) is 17.7. The molecule has 6 heteroatoms. The third-order valence-electron chi connectivity index (χ3n) is 4.75. The zero-order valence-corrected chi connectivity index (χ0v) is 13.7. The van der Waals surface area contributed by atoms with Crippen molar-refractivity contribution in [3.8, 4) is 11.1 Å². The number of carbonyl (C=O) groups is 1. The van der Waals surface area contributed by atoms with Gasteiger partial charge in [-0.1, -0.05) is 0 Å². The molecular weight excluding hydrogens is 318 g/mol. The molecule has 25 heavy (non-hydrogen) atoms. The third kappa shape index (κ3) is 2.46. The Morgan fingerprint density at radius 2 is 2.08 bits per heavy atom. The average Bonchev–Trinajstić information content (AvgIpc) is 3.41. The Kier molecular flexibility index (Phi) is 3.35. The van der Waals surface area contributed by atoms with E-state index in [1.807, 2.05) is 13.0 Å². The van der Waals surface area contributed by atoms with Crippen LogP contribution in [0.4, 0.5) is 5.82 Å². The molecule has 2 N–H and O–H groups in total. The van der Waals surface area contributed by atoms with E-state index in [0.717, 1.165) is 40.6 Å². The summed E-state index contributed by atoms with van der Waals surface area (Å²) >= 11 is 0. The summed E-state index contributed by atoms with van der Waals surface area (Å²) < 4.78 is 1.42. The number of aromatic carboxylic acids is 1. The summed E-state index contributed by atoms with van der Waals surface area (Å²) in [5, 5.41) is 11.3. The lowest BCUT2D eigenvalue weighted by atomic mass is 9.97. The Balaban J connectivity index is 2.05. The summed E-state index contributed by atoms with van der Waals surface area (Å²) in [5.74, 6) is -0.714. The van der Waals surface area contributed by atoms with Crippen LogP contribution in [0.2, 0.25) is 0 Å². The highest BCUT2D eigenvalue weighted by Gasteiger charge is 2.28. The summed E-state index contributed by atoms with van der Waals surface area (Å²) in [6, 6.07) is 6.90. The van der Waals surface area contributed by atoms with Crippen LogP contribution in [0.15, 0.2) is 41.5 Å². The number of aryl methyl sites for hydroxylation is 1. The van der Waals surface area contributed by atoms with Crippen LogP contribution >= 0.6 is 0 Å². The summed E-state index contributed by atoms with van der Waals surface area (Å²) in [4.78, 5) is 28.0. The van der Waals surface area contributed by atoms with Gasteiger partial charge in [0.05, 0.1) is 17.0 Å². The molecule has 0 spiro atoms. The number of hydrogen-bond donors (Lipinski definition) is 1. The maximum atomic E-state index is 12.5. The fourth-order valence-electron chi connectivity index (χ4n) is 3.33. The van der Waals surface area contributed by atoms with Crippen LogP contribution in [0.25, 0.3) is 16.6 Å². The molecule has 4 rings (SSSR count). The van der Waals surface area contributed by atoms with Gasteiger partial charge < -0.3 is 15.6 Å². The summed E-state index contributed by atoms with van der Waals surface area (Å²) in [6.45, 7) is 1.94. The van der Waals surface area contributed by atoms with Gasteiger partial charge in [0.2, 0.25) is 0 Å². The van der Waals surface area contributed by atoms with Gasteiger partial charge in [0, 0.05) is 18.0 Å². The maximum Gasteiger partial charge on any atom is 0.264 e. The number of carboxylic acids is 1. The number of nitrogens with zero attached hydrogens (tertiary/aromatic N) is 2. The minimum absolute atomic E-state index is 0.284. The molecule has 1 aliphatic rings. The van der Waals surface area contributed by atoms with E-state index in [9.17, 15) is 14.7 Å². The van der Waals surface area contributed by atoms with E-state index in [1.54, 1.807) is 24.5 Å². The van der Waals surface area contributed by atoms with Gasteiger partial charge in [-0.05, 0) is 66.6 Å². The predicted octanol–water partition coefficient (Wildman–Crippen LogP) is 1.49. The number of carbonyl (C=O) groups excluding carboxylic acids is 1. The second-order valence-corrected chi connectivity index (χ2v) is 6.42. The largest absolute Gasteiger partial charge is 0.545 e. The predicted molar refractivity (Wildman–Crippen MR) is 92.4 cm³/mol. The monoisotopic (exact) mass is 334 g/mol. The van der Waals surface area contributed by atoms with E-state index in [0.29, 0.717) is 5.82 Å². The van der Waals surface area contributed by atoms with Gasteiger partial charge in [0.25, 0.3) is 5.56 Å². The van der Waals surface area contributed by atoms with Crippen LogP contribution in [-0.4, -0.2) is 15.4 Å². The molecule has 0 radical (unpaired) electrons. The standard InChI is InChI=1S/C19H17N3O3/c1-10-13(12-4-5-16(20)21-9-12)6-7-22-17(10)14(11-2-3-11)8-15(18(22)23)19(24)25/h4-9,11H,2-3H2,1H3,(H2,20,21)(H,24,25)/p-1. The molecule has 1 aliphatic carbocycles. The zero-order valence-electron chi connectivity index (χ0n) is 13.7. The van der Waals surface area contributed by atoms with Crippen molar-refractivity contribution in [3.05, 3.63) is 63.7 Å². The molecule has 0 unspecified atom stereocenters. The fourth-order valence-corrected chi connectivity index (χ4v) is 3.33. The van der Waals surface area contributed by atoms with Gasteiger partial charge in [-0.2, -0.15) is 0 Å². The number of anilines is 1. The molecule has 0 aromatic carbocycles. The van der Waals surface area contributed by atoms with E-state index >= 15 is 0 Å². The van der Waals surface area contributed by atoms with Crippen LogP contribution in [-0.2, 0) is 0 Å². The number of hydrogen-bond acceptors (Lipinski definition) is 5. The van der Waals surface area contributed by atoms with E-state index in [-0.39, 0.29) is 11.5 Å². The van der Waals surface area contributed by atoms with Crippen LogP contribution in [0.5, 0.6) is 0 Å². The second-order valence-electron chi connectivity index (χ2n) is 6.42. The molecule has 0 saturated heterocycles.